The maximum atomic E-state index is 6.95. The van der Waals surface area contributed by atoms with Gasteiger partial charge in [-0.05, 0) is 73.1 Å². The molecule has 11 aromatic rings. The summed E-state index contributed by atoms with van der Waals surface area (Å²) in [5, 5.41) is 9.18. The van der Waals surface area contributed by atoms with Crippen molar-refractivity contribution in [2.45, 2.75) is 19.3 Å². The molecular formula is C53H34N2O. The van der Waals surface area contributed by atoms with Gasteiger partial charge >= 0.3 is 0 Å². The molecule has 1 aliphatic rings. The number of aromatic nitrogens is 2. The van der Waals surface area contributed by atoms with Crippen LogP contribution >= 0.6 is 0 Å². The van der Waals surface area contributed by atoms with Crippen LogP contribution in [0, 0.1) is 0 Å². The van der Waals surface area contributed by atoms with E-state index in [1.54, 1.807) is 0 Å². The first-order valence-corrected chi connectivity index (χ1v) is 19.3. The standard InChI is InChI=1S/C53H34N2O/c1-53(2)46-20-8-7-13-40(46)45-29-33(25-26-47(45)53)37-17-10-19-44-43-18-9-16-36(51(43)56-52(37)44)32-23-21-31-22-24-34(28-35(31)27-32)48-30-54-49-41-14-5-3-11-38(41)39-12-4-6-15-42(39)50(49)55-48/h3-30H,1-2H3. The van der Waals surface area contributed by atoms with Crippen LogP contribution in [0.1, 0.15) is 25.0 Å². The fourth-order valence-corrected chi connectivity index (χ4v) is 9.50. The summed E-state index contributed by atoms with van der Waals surface area (Å²) in [6.45, 7) is 4.65. The van der Waals surface area contributed by atoms with Crippen molar-refractivity contribution < 1.29 is 4.42 Å². The Morgan fingerprint density at radius 3 is 1.68 bits per heavy atom. The lowest BCUT2D eigenvalue weighted by Gasteiger charge is -2.21. The molecule has 0 fully saturated rings. The van der Waals surface area contributed by atoms with Gasteiger partial charge in [0.05, 0.1) is 22.9 Å². The molecule has 0 bridgehead atoms. The Labute approximate surface area is 323 Å². The molecule has 2 aromatic heterocycles. The second-order valence-corrected chi connectivity index (χ2v) is 15.7. The summed E-state index contributed by atoms with van der Waals surface area (Å²) in [6, 6.07) is 59.0. The normalized spacial score (nSPS) is 13.3. The summed E-state index contributed by atoms with van der Waals surface area (Å²) in [4.78, 5) is 10.3. The molecule has 262 valence electrons. The molecule has 0 aliphatic heterocycles. The first-order chi connectivity index (χ1) is 27.5. The zero-order valence-corrected chi connectivity index (χ0v) is 31.0. The molecule has 12 rings (SSSR count). The molecule has 1 aliphatic carbocycles. The van der Waals surface area contributed by atoms with Crippen LogP contribution in [0.5, 0.6) is 0 Å². The maximum Gasteiger partial charge on any atom is 0.143 e. The number of hydrogen-bond donors (Lipinski definition) is 0. The van der Waals surface area contributed by atoms with Crippen molar-refractivity contribution in [3.63, 3.8) is 0 Å². The van der Waals surface area contributed by atoms with Gasteiger partial charge in [-0.3, -0.25) is 4.98 Å². The summed E-state index contributed by atoms with van der Waals surface area (Å²) in [5.41, 5.74) is 15.4. The third-order valence-electron chi connectivity index (χ3n) is 12.3. The molecule has 3 nitrogen and oxygen atoms in total. The van der Waals surface area contributed by atoms with Crippen LogP contribution in [0.4, 0.5) is 0 Å². The number of fused-ring (bicyclic) bond motifs is 13. The molecular weight excluding hydrogens is 681 g/mol. The highest BCUT2D eigenvalue weighted by atomic mass is 16.3. The van der Waals surface area contributed by atoms with Gasteiger partial charge in [0.2, 0.25) is 0 Å². The average molecular weight is 715 g/mol. The molecule has 0 saturated carbocycles. The second-order valence-electron chi connectivity index (χ2n) is 15.7. The fourth-order valence-electron chi connectivity index (χ4n) is 9.50. The highest BCUT2D eigenvalue weighted by molar-refractivity contribution is 6.23. The highest BCUT2D eigenvalue weighted by Gasteiger charge is 2.35. The van der Waals surface area contributed by atoms with Gasteiger partial charge in [0, 0.05) is 43.7 Å². The molecule has 2 heterocycles. The number of furan rings is 1. The maximum absolute atomic E-state index is 6.95. The van der Waals surface area contributed by atoms with Crippen LogP contribution < -0.4 is 0 Å². The largest absolute Gasteiger partial charge is 0.455 e. The van der Waals surface area contributed by atoms with Crippen molar-refractivity contribution in [2.24, 2.45) is 0 Å². The van der Waals surface area contributed by atoms with Gasteiger partial charge in [0.15, 0.2) is 0 Å². The number of hydrogen-bond acceptors (Lipinski definition) is 3. The average Bonchev–Trinajstić information content (AvgIpc) is 3.75. The topological polar surface area (TPSA) is 38.9 Å². The van der Waals surface area contributed by atoms with Crippen molar-refractivity contribution in [2.75, 3.05) is 0 Å². The van der Waals surface area contributed by atoms with E-state index in [0.29, 0.717) is 0 Å². The van der Waals surface area contributed by atoms with Gasteiger partial charge < -0.3 is 4.42 Å². The van der Waals surface area contributed by atoms with Gasteiger partial charge in [-0.2, -0.15) is 0 Å². The van der Waals surface area contributed by atoms with Crippen LogP contribution in [0.15, 0.2) is 174 Å². The lowest BCUT2D eigenvalue weighted by Crippen LogP contribution is -2.14. The molecule has 0 radical (unpaired) electrons. The van der Waals surface area contributed by atoms with E-state index in [1.165, 1.54) is 44.0 Å². The van der Waals surface area contributed by atoms with E-state index in [4.69, 9.17) is 14.4 Å². The van der Waals surface area contributed by atoms with E-state index in [1.807, 2.05) is 6.20 Å². The van der Waals surface area contributed by atoms with Gasteiger partial charge in [-0.15, -0.1) is 0 Å². The zero-order chi connectivity index (χ0) is 37.1. The number of rotatable bonds is 3. The minimum absolute atomic E-state index is 0.0293. The van der Waals surface area contributed by atoms with Crippen LogP contribution in [0.25, 0.3) is 110 Å². The summed E-state index contributed by atoms with van der Waals surface area (Å²) >= 11 is 0. The van der Waals surface area contributed by atoms with E-state index < -0.39 is 0 Å². The Morgan fingerprint density at radius 2 is 0.946 bits per heavy atom. The first-order valence-electron chi connectivity index (χ1n) is 19.3. The highest BCUT2D eigenvalue weighted by Crippen LogP contribution is 2.50. The Balaban J connectivity index is 0.977. The first kappa shape index (κ1) is 31.3. The van der Waals surface area contributed by atoms with E-state index >= 15 is 0 Å². The smallest absolute Gasteiger partial charge is 0.143 e. The van der Waals surface area contributed by atoms with Crippen molar-refractivity contribution in [1.82, 2.24) is 9.97 Å². The van der Waals surface area contributed by atoms with E-state index in [0.717, 1.165) is 77.1 Å². The monoisotopic (exact) mass is 714 g/mol. The van der Waals surface area contributed by atoms with Crippen molar-refractivity contribution in [3.8, 4) is 44.6 Å². The Bertz CT molecular complexity index is 3430. The molecule has 0 unspecified atom stereocenters. The lowest BCUT2D eigenvalue weighted by molar-refractivity contribution is 0.660. The Hall–Kier alpha value is -7.10. The Kier molecular flexibility index (Phi) is 6.40. The van der Waals surface area contributed by atoms with Gasteiger partial charge in [-0.1, -0.05) is 159 Å². The van der Waals surface area contributed by atoms with E-state index in [9.17, 15) is 0 Å². The van der Waals surface area contributed by atoms with Crippen LogP contribution in [-0.2, 0) is 5.41 Å². The molecule has 3 heteroatoms. The number of benzene rings is 9. The molecule has 9 aromatic carbocycles. The molecule has 0 N–H and O–H groups in total. The molecule has 0 atom stereocenters. The molecule has 0 amide bonds. The SMILES string of the molecule is CC1(C)c2ccccc2-c2cc(-c3cccc4c3oc3c(-c5ccc6ccc(-c7cnc8c9ccccc9c9ccccc9c8n7)cc6c5)cccc34)ccc21. The lowest BCUT2D eigenvalue weighted by atomic mass is 9.82. The summed E-state index contributed by atoms with van der Waals surface area (Å²) in [5.74, 6) is 0. The predicted molar refractivity (Wildman–Crippen MR) is 233 cm³/mol. The third-order valence-corrected chi connectivity index (χ3v) is 12.3. The van der Waals surface area contributed by atoms with Crippen molar-refractivity contribution in [3.05, 3.63) is 181 Å². The molecule has 56 heavy (non-hydrogen) atoms. The van der Waals surface area contributed by atoms with Gasteiger partial charge in [-0.25, -0.2) is 4.98 Å². The number of nitrogens with zero attached hydrogens (tertiary/aromatic N) is 2. The van der Waals surface area contributed by atoms with Crippen LogP contribution in [0.2, 0.25) is 0 Å². The summed E-state index contributed by atoms with van der Waals surface area (Å²) in [7, 11) is 0. The number of para-hydroxylation sites is 2. The van der Waals surface area contributed by atoms with Crippen molar-refractivity contribution in [1.29, 1.82) is 0 Å². The molecule has 0 spiro atoms. The van der Waals surface area contributed by atoms with E-state index in [-0.39, 0.29) is 5.41 Å². The fraction of sp³-hybridized carbons (Fsp3) is 0.0566. The van der Waals surface area contributed by atoms with Crippen LogP contribution in [0.3, 0.4) is 0 Å². The van der Waals surface area contributed by atoms with Crippen LogP contribution in [-0.4, -0.2) is 9.97 Å². The Morgan fingerprint density at radius 1 is 0.411 bits per heavy atom. The van der Waals surface area contributed by atoms with Crippen molar-refractivity contribution >= 4 is 65.3 Å². The third kappa shape index (κ3) is 4.40. The summed E-state index contributed by atoms with van der Waals surface area (Å²) < 4.78 is 6.95. The minimum Gasteiger partial charge on any atom is -0.455 e. The van der Waals surface area contributed by atoms with Gasteiger partial charge in [0.1, 0.15) is 11.2 Å². The minimum atomic E-state index is -0.0293. The second kappa shape index (κ2) is 11.5. The van der Waals surface area contributed by atoms with E-state index in [2.05, 4.69) is 178 Å². The van der Waals surface area contributed by atoms with Gasteiger partial charge in [0.25, 0.3) is 0 Å². The zero-order valence-electron chi connectivity index (χ0n) is 31.0. The summed E-state index contributed by atoms with van der Waals surface area (Å²) in [6.07, 6.45) is 1.92. The quantitative estimate of drug-likeness (QED) is 0.171. The molecule has 0 saturated heterocycles. The predicted octanol–water partition coefficient (Wildman–Crippen LogP) is 14.3.